The second-order valence-corrected chi connectivity index (χ2v) is 15.2. The van der Waals surface area contributed by atoms with Gasteiger partial charge in [0, 0.05) is 5.54 Å². The molecule has 0 aliphatic heterocycles. The average molecular weight is 380 g/mol. The molecule has 0 fully saturated rings. The van der Waals surface area contributed by atoms with E-state index in [-0.39, 0.29) is 17.6 Å². The lowest BCUT2D eigenvalue weighted by molar-refractivity contribution is -0.137. The molecule has 0 rings (SSSR count). The van der Waals surface area contributed by atoms with E-state index in [0.717, 1.165) is 19.3 Å². The van der Waals surface area contributed by atoms with Gasteiger partial charge >= 0.3 is 5.97 Å². The van der Waals surface area contributed by atoms with E-state index in [0.29, 0.717) is 16.4 Å². The van der Waals surface area contributed by atoms with E-state index >= 15 is 0 Å². The SMILES string of the molecule is CN(PP)C(CCCC(C)(C)N)C(=O)OP(P)PP. The van der Waals surface area contributed by atoms with Crippen LogP contribution < -0.4 is 5.73 Å². The molecular weight excluding hydrogens is 354 g/mol. The largest absolute Gasteiger partial charge is 0.435 e. The Morgan fingerprint density at radius 2 is 2.11 bits per heavy atom. The molecular formula is C9H26N2O2P6. The molecule has 2 N–H and O–H groups in total. The van der Waals surface area contributed by atoms with E-state index in [1.807, 2.05) is 25.6 Å². The zero-order chi connectivity index (χ0) is 15.1. The highest BCUT2D eigenvalue weighted by Crippen LogP contribution is 2.66. The van der Waals surface area contributed by atoms with Gasteiger partial charge in [0.1, 0.15) is 13.6 Å². The summed E-state index contributed by atoms with van der Waals surface area (Å²) in [5, 5.41) is 0. The topological polar surface area (TPSA) is 55.6 Å². The lowest BCUT2D eigenvalue weighted by Crippen LogP contribution is -2.35. The first-order valence-corrected chi connectivity index (χ1v) is 15.2. The molecule has 0 aliphatic rings. The lowest BCUT2D eigenvalue weighted by Gasteiger charge is -2.27. The van der Waals surface area contributed by atoms with Crippen LogP contribution in [0.4, 0.5) is 0 Å². The first-order chi connectivity index (χ1) is 8.71. The molecule has 0 heterocycles. The van der Waals surface area contributed by atoms with Crippen molar-refractivity contribution in [2.45, 2.75) is 44.7 Å². The summed E-state index contributed by atoms with van der Waals surface area (Å²) in [4.78, 5) is 12.2. The summed E-state index contributed by atoms with van der Waals surface area (Å²) in [6, 6.07) is -0.162. The van der Waals surface area contributed by atoms with Gasteiger partial charge in [-0.3, -0.25) is 9.46 Å². The van der Waals surface area contributed by atoms with Gasteiger partial charge < -0.3 is 10.3 Å². The zero-order valence-corrected chi connectivity index (χ0v) is 18.1. The van der Waals surface area contributed by atoms with Crippen LogP contribution in [-0.2, 0) is 9.32 Å². The van der Waals surface area contributed by atoms with Crippen LogP contribution in [0.15, 0.2) is 0 Å². The number of hydrogen-bond acceptors (Lipinski definition) is 4. The maximum absolute atomic E-state index is 12.2. The third-order valence-electron chi connectivity index (χ3n) is 2.56. The Balaban J connectivity index is 4.42. The standard InChI is InChI=1S/C9H26N2O2P6/c1-9(2,10)6-4-5-7(11(3)17-14)8(12)13-19(16)18-15/h7,17-18H,4-6,10,14-16H2,1-3H3. The Morgan fingerprint density at radius 1 is 1.53 bits per heavy atom. The molecule has 0 amide bonds. The van der Waals surface area contributed by atoms with Gasteiger partial charge in [0.15, 0.2) is 0 Å². The Hall–Kier alpha value is 1.97. The molecule has 19 heavy (non-hydrogen) atoms. The summed E-state index contributed by atoms with van der Waals surface area (Å²) in [6.45, 7) is 4.03. The number of nitrogens with two attached hydrogens (primary N) is 1. The van der Waals surface area contributed by atoms with Gasteiger partial charge in [-0.25, -0.2) is 0 Å². The normalized spacial score (nSPS) is 16.6. The fourth-order valence-electron chi connectivity index (χ4n) is 1.49. The fraction of sp³-hybridized carbons (Fsp3) is 0.889. The molecule has 0 spiro atoms. The second kappa shape index (κ2) is 10.7. The van der Waals surface area contributed by atoms with E-state index in [9.17, 15) is 4.79 Å². The minimum atomic E-state index is -0.715. The van der Waals surface area contributed by atoms with Crippen LogP contribution in [0.2, 0.25) is 0 Å². The van der Waals surface area contributed by atoms with Crippen molar-refractivity contribution in [3.63, 3.8) is 0 Å². The number of hydrogen-bond donors (Lipinski definition) is 1. The fourth-order valence-corrected chi connectivity index (χ4v) is 4.03. The van der Waals surface area contributed by atoms with Crippen LogP contribution in [0, 0.1) is 0 Å². The number of nitrogens with zero attached hydrogens (tertiary/aromatic N) is 1. The number of likely N-dealkylation sites (N-methyl/N-ethyl adjacent to an activating group) is 1. The van der Waals surface area contributed by atoms with E-state index in [1.165, 1.54) is 0 Å². The quantitative estimate of drug-likeness (QED) is 0.620. The molecule has 0 saturated heterocycles. The third kappa shape index (κ3) is 10.3. The summed E-state index contributed by atoms with van der Waals surface area (Å²) < 4.78 is 7.51. The second-order valence-electron chi connectivity index (χ2n) is 5.00. The van der Waals surface area contributed by atoms with Gasteiger partial charge in [0.25, 0.3) is 0 Å². The average Bonchev–Trinajstić information content (AvgIpc) is 2.32. The van der Waals surface area contributed by atoms with E-state index < -0.39 is 7.53 Å². The maximum Gasteiger partial charge on any atom is 0.326 e. The molecule has 7 atom stereocenters. The van der Waals surface area contributed by atoms with Crippen molar-refractivity contribution in [3.8, 4) is 0 Å². The minimum Gasteiger partial charge on any atom is -0.435 e. The van der Waals surface area contributed by atoms with E-state index in [4.69, 9.17) is 10.3 Å². The first-order valence-electron chi connectivity index (χ1n) is 5.92. The van der Waals surface area contributed by atoms with Crippen molar-refractivity contribution < 1.29 is 9.32 Å². The summed E-state index contributed by atoms with van der Waals surface area (Å²) in [5.41, 5.74) is 5.80. The molecule has 0 saturated carbocycles. The minimum absolute atomic E-state index is 0.108. The predicted octanol–water partition coefficient (Wildman–Crippen LogP) is 3.69. The molecule has 0 aromatic carbocycles. The van der Waals surface area contributed by atoms with Crippen LogP contribution in [-0.4, -0.2) is 29.3 Å². The highest BCUT2D eigenvalue weighted by Gasteiger charge is 2.26. The van der Waals surface area contributed by atoms with Gasteiger partial charge in [-0.1, -0.05) is 17.9 Å². The van der Waals surface area contributed by atoms with Crippen molar-refractivity contribution >= 4 is 56.7 Å². The predicted molar refractivity (Wildman–Crippen MR) is 102 cm³/mol. The molecule has 0 aromatic heterocycles. The maximum atomic E-state index is 12.2. The smallest absolute Gasteiger partial charge is 0.326 e. The summed E-state index contributed by atoms with van der Waals surface area (Å²) in [7, 11) is 10.2. The molecule has 4 nitrogen and oxygen atoms in total. The van der Waals surface area contributed by atoms with Gasteiger partial charge in [-0.2, -0.15) is 0 Å². The van der Waals surface area contributed by atoms with Gasteiger partial charge in [-0.15, -0.1) is 8.93 Å². The highest BCUT2D eigenvalue weighted by molar-refractivity contribution is 8.59. The molecule has 114 valence electrons. The number of carbonyl (C=O) groups is 1. The summed E-state index contributed by atoms with van der Waals surface area (Å²) in [5.74, 6) is -0.108. The van der Waals surface area contributed by atoms with E-state index in [1.54, 1.807) is 0 Å². The van der Waals surface area contributed by atoms with Crippen molar-refractivity contribution in [2.75, 3.05) is 7.05 Å². The zero-order valence-electron chi connectivity index (χ0n) is 11.7. The Morgan fingerprint density at radius 3 is 2.53 bits per heavy atom. The highest BCUT2D eigenvalue weighted by atomic mass is 32.6. The van der Waals surface area contributed by atoms with Gasteiger partial charge in [0.05, 0.1) is 0 Å². The van der Waals surface area contributed by atoms with E-state index in [2.05, 4.69) is 26.8 Å². The Labute approximate surface area is 128 Å². The Bertz CT molecular complexity index is 276. The Kier molecular flexibility index (Phi) is 11.8. The summed E-state index contributed by atoms with van der Waals surface area (Å²) >= 11 is 0. The summed E-state index contributed by atoms with van der Waals surface area (Å²) in [6.07, 6.45) is 2.64. The van der Waals surface area contributed by atoms with Crippen LogP contribution in [0.3, 0.4) is 0 Å². The molecule has 10 heteroatoms. The number of carbonyl (C=O) groups excluding carboxylic acids is 1. The van der Waals surface area contributed by atoms with Gasteiger partial charge in [-0.05, 0) is 56.5 Å². The lowest BCUT2D eigenvalue weighted by atomic mass is 9.97. The van der Waals surface area contributed by atoms with Crippen LogP contribution in [0.5, 0.6) is 0 Å². The van der Waals surface area contributed by atoms with Crippen molar-refractivity contribution in [1.29, 1.82) is 0 Å². The molecule has 0 bridgehead atoms. The van der Waals surface area contributed by atoms with Crippen molar-refractivity contribution in [3.05, 3.63) is 0 Å². The van der Waals surface area contributed by atoms with Crippen molar-refractivity contribution in [1.82, 2.24) is 4.67 Å². The molecule has 0 aromatic rings. The molecule has 0 aliphatic carbocycles. The van der Waals surface area contributed by atoms with Crippen LogP contribution >= 0.6 is 50.7 Å². The first kappa shape index (κ1) is 21.0. The molecule has 0 radical (unpaired) electrons. The third-order valence-corrected chi connectivity index (χ3v) is 12.8. The van der Waals surface area contributed by atoms with Gasteiger partial charge in [0.2, 0.25) is 0 Å². The van der Waals surface area contributed by atoms with Crippen LogP contribution in [0.1, 0.15) is 33.1 Å². The monoisotopic (exact) mass is 380 g/mol. The van der Waals surface area contributed by atoms with Crippen LogP contribution in [0.25, 0.3) is 0 Å². The number of rotatable bonds is 9. The van der Waals surface area contributed by atoms with Crippen molar-refractivity contribution in [2.24, 2.45) is 5.73 Å². The molecule has 7 unspecified atom stereocenters.